The van der Waals surface area contributed by atoms with Crippen molar-refractivity contribution in [3.8, 4) is 17.3 Å². The van der Waals surface area contributed by atoms with Gasteiger partial charge in [-0.1, -0.05) is 23.2 Å². The molecule has 25 heavy (non-hydrogen) atoms. The summed E-state index contributed by atoms with van der Waals surface area (Å²) in [6.07, 6.45) is 1.54. The molecule has 0 spiro atoms. The Hall–Kier alpha value is -2.39. The van der Waals surface area contributed by atoms with Gasteiger partial charge in [0.25, 0.3) is 0 Å². The van der Waals surface area contributed by atoms with Crippen LogP contribution in [0.25, 0.3) is 16.8 Å². The number of anilines is 1. The average molecular weight is 390 g/mol. The molecular weight excluding hydrogens is 380 g/mol. The highest BCUT2D eigenvalue weighted by molar-refractivity contribution is 7.11. The number of thiazole rings is 1. The van der Waals surface area contributed by atoms with Crippen LogP contribution >= 0.6 is 34.5 Å². The molecule has 0 aliphatic heterocycles. The van der Waals surface area contributed by atoms with Crippen molar-refractivity contribution in [3.63, 3.8) is 0 Å². The van der Waals surface area contributed by atoms with Crippen LogP contribution in [0, 0.1) is 17.1 Å². The predicted octanol–water partition coefficient (Wildman–Crippen LogP) is 6.23. The first kappa shape index (κ1) is 17.4. The van der Waals surface area contributed by atoms with Crippen molar-refractivity contribution >= 4 is 45.8 Å². The minimum Gasteiger partial charge on any atom is -0.360 e. The van der Waals surface area contributed by atoms with Crippen LogP contribution in [-0.4, -0.2) is 4.98 Å². The summed E-state index contributed by atoms with van der Waals surface area (Å²) in [7, 11) is 0. The second kappa shape index (κ2) is 7.66. The van der Waals surface area contributed by atoms with E-state index in [-0.39, 0.29) is 5.82 Å². The molecule has 7 heteroatoms. The summed E-state index contributed by atoms with van der Waals surface area (Å²) in [5.41, 5.74) is 2.46. The molecule has 124 valence electrons. The van der Waals surface area contributed by atoms with E-state index < -0.39 is 0 Å². The summed E-state index contributed by atoms with van der Waals surface area (Å²) in [5, 5.41) is 15.8. The summed E-state index contributed by atoms with van der Waals surface area (Å²) in [5.74, 6) is -0.320. The van der Waals surface area contributed by atoms with Crippen molar-refractivity contribution in [1.82, 2.24) is 4.98 Å². The number of nitriles is 1. The van der Waals surface area contributed by atoms with Gasteiger partial charge in [-0.2, -0.15) is 5.26 Å². The fraction of sp³-hybridized carbons (Fsp3) is 0. The van der Waals surface area contributed by atoms with Crippen LogP contribution in [0.4, 0.5) is 10.1 Å². The third-order valence-corrected chi connectivity index (χ3v) is 4.71. The molecule has 0 aliphatic rings. The Labute approximate surface area is 158 Å². The first-order chi connectivity index (χ1) is 12.1. The minimum atomic E-state index is -0.320. The van der Waals surface area contributed by atoms with E-state index >= 15 is 0 Å². The van der Waals surface area contributed by atoms with E-state index in [9.17, 15) is 9.65 Å². The highest BCUT2D eigenvalue weighted by Crippen LogP contribution is 2.32. The van der Waals surface area contributed by atoms with Gasteiger partial charge in [0, 0.05) is 27.9 Å². The fourth-order valence-electron chi connectivity index (χ4n) is 2.06. The number of hydrogen-bond donors (Lipinski definition) is 1. The van der Waals surface area contributed by atoms with Crippen molar-refractivity contribution in [2.45, 2.75) is 0 Å². The van der Waals surface area contributed by atoms with Crippen LogP contribution in [0.15, 0.2) is 54.0 Å². The predicted molar refractivity (Wildman–Crippen MR) is 101 cm³/mol. The largest absolute Gasteiger partial charge is 0.360 e. The van der Waals surface area contributed by atoms with Crippen LogP contribution in [-0.2, 0) is 0 Å². The SMILES string of the molecule is N#C/C(=C/Nc1ccc(F)cc1)c1nc(-c2ccc(Cl)cc2Cl)cs1. The molecule has 3 aromatic rings. The number of nitrogens with one attached hydrogen (secondary N) is 1. The summed E-state index contributed by atoms with van der Waals surface area (Å²) >= 11 is 13.4. The zero-order valence-electron chi connectivity index (χ0n) is 12.6. The van der Waals surface area contributed by atoms with Crippen LogP contribution < -0.4 is 5.32 Å². The van der Waals surface area contributed by atoms with Gasteiger partial charge in [0.15, 0.2) is 0 Å². The van der Waals surface area contributed by atoms with Gasteiger partial charge in [-0.05, 0) is 42.5 Å². The van der Waals surface area contributed by atoms with Crippen LogP contribution in [0.5, 0.6) is 0 Å². The second-order valence-electron chi connectivity index (χ2n) is 4.98. The Bertz CT molecular complexity index is 975. The lowest BCUT2D eigenvalue weighted by atomic mass is 10.2. The molecule has 0 atom stereocenters. The highest BCUT2D eigenvalue weighted by Gasteiger charge is 2.11. The van der Waals surface area contributed by atoms with E-state index in [1.54, 1.807) is 36.5 Å². The van der Waals surface area contributed by atoms with Gasteiger partial charge in [-0.3, -0.25) is 0 Å². The third kappa shape index (κ3) is 4.18. The molecule has 1 N–H and O–H groups in total. The highest BCUT2D eigenvalue weighted by atomic mass is 35.5. The lowest BCUT2D eigenvalue weighted by Gasteiger charge is -2.02. The molecule has 3 nitrogen and oxygen atoms in total. The molecule has 0 amide bonds. The molecule has 0 saturated heterocycles. The number of aromatic nitrogens is 1. The summed E-state index contributed by atoms with van der Waals surface area (Å²) in [6.45, 7) is 0. The quantitative estimate of drug-likeness (QED) is 0.537. The van der Waals surface area contributed by atoms with Gasteiger partial charge < -0.3 is 5.32 Å². The van der Waals surface area contributed by atoms with Gasteiger partial charge in [0.05, 0.1) is 10.7 Å². The van der Waals surface area contributed by atoms with Crippen LogP contribution in [0.3, 0.4) is 0 Å². The Morgan fingerprint density at radius 1 is 1.20 bits per heavy atom. The Balaban J connectivity index is 1.85. The first-order valence-corrected chi connectivity index (χ1v) is 8.74. The second-order valence-corrected chi connectivity index (χ2v) is 6.68. The molecule has 0 fully saturated rings. The van der Waals surface area contributed by atoms with Gasteiger partial charge in [0.1, 0.15) is 22.5 Å². The Morgan fingerprint density at radius 2 is 1.96 bits per heavy atom. The topological polar surface area (TPSA) is 48.7 Å². The summed E-state index contributed by atoms with van der Waals surface area (Å²) in [6, 6.07) is 13.1. The van der Waals surface area contributed by atoms with Crippen LogP contribution in [0.1, 0.15) is 5.01 Å². The monoisotopic (exact) mass is 389 g/mol. The first-order valence-electron chi connectivity index (χ1n) is 7.10. The number of allylic oxidation sites excluding steroid dienone is 1. The molecule has 0 bridgehead atoms. The van der Waals surface area contributed by atoms with Crippen molar-refractivity contribution in [2.24, 2.45) is 0 Å². The molecular formula is C18H10Cl2FN3S. The number of benzene rings is 2. The molecule has 0 unspecified atom stereocenters. The fourth-order valence-corrected chi connectivity index (χ4v) is 3.35. The van der Waals surface area contributed by atoms with E-state index in [1.807, 2.05) is 5.38 Å². The molecule has 3 rings (SSSR count). The van der Waals surface area contributed by atoms with E-state index in [1.165, 1.54) is 23.5 Å². The Kier molecular flexibility index (Phi) is 5.34. The molecule has 0 radical (unpaired) electrons. The zero-order chi connectivity index (χ0) is 17.8. The van der Waals surface area contributed by atoms with E-state index in [2.05, 4.69) is 16.4 Å². The maximum atomic E-state index is 12.9. The lowest BCUT2D eigenvalue weighted by molar-refractivity contribution is 0.628. The van der Waals surface area contributed by atoms with E-state index in [0.717, 1.165) is 5.56 Å². The number of rotatable bonds is 4. The van der Waals surface area contributed by atoms with Gasteiger partial charge in [-0.15, -0.1) is 11.3 Å². The molecule has 1 heterocycles. The maximum Gasteiger partial charge on any atom is 0.136 e. The third-order valence-electron chi connectivity index (χ3n) is 3.29. The van der Waals surface area contributed by atoms with Crippen molar-refractivity contribution in [3.05, 3.63) is 74.9 Å². The molecule has 2 aromatic carbocycles. The van der Waals surface area contributed by atoms with Gasteiger partial charge in [-0.25, -0.2) is 9.37 Å². The number of hydrogen-bond acceptors (Lipinski definition) is 4. The smallest absolute Gasteiger partial charge is 0.136 e. The normalized spacial score (nSPS) is 11.2. The molecule has 1 aromatic heterocycles. The standard InChI is InChI=1S/C18H10Cl2FN3S/c19-12-1-6-15(16(20)7-12)17-10-25-18(24-17)11(8-22)9-23-14-4-2-13(21)3-5-14/h1-7,9-10,23H/b11-9-. The van der Waals surface area contributed by atoms with Crippen molar-refractivity contribution in [2.75, 3.05) is 5.32 Å². The lowest BCUT2D eigenvalue weighted by Crippen LogP contribution is -1.91. The Morgan fingerprint density at radius 3 is 2.64 bits per heavy atom. The average Bonchev–Trinajstić information content (AvgIpc) is 3.06. The zero-order valence-corrected chi connectivity index (χ0v) is 15.0. The maximum absolute atomic E-state index is 12.9. The van der Waals surface area contributed by atoms with E-state index in [0.29, 0.717) is 32.0 Å². The summed E-state index contributed by atoms with van der Waals surface area (Å²) in [4.78, 5) is 4.47. The minimum absolute atomic E-state index is 0.320. The summed E-state index contributed by atoms with van der Waals surface area (Å²) < 4.78 is 12.9. The van der Waals surface area contributed by atoms with Crippen molar-refractivity contribution in [1.29, 1.82) is 5.26 Å². The van der Waals surface area contributed by atoms with Crippen LogP contribution in [0.2, 0.25) is 10.0 Å². The van der Waals surface area contributed by atoms with E-state index in [4.69, 9.17) is 23.2 Å². The van der Waals surface area contributed by atoms with Gasteiger partial charge in [0.2, 0.25) is 0 Å². The number of halogens is 3. The van der Waals surface area contributed by atoms with Gasteiger partial charge >= 0.3 is 0 Å². The number of nitrogens with zero attached hydrogens (tertiary/aromatic N) is 2. The van der Waals surface area contributed by atoms with Crippen molar-refractivity contribution < 1.29 is 4.39 Å². The molecule has 0 saturated carbocycles. The molecule has 0 aliphatic carbocycles.